The van der Waals surface area contributed by atoms with Crippen LogP contribution >= 0.6 is 0 Å². The van der Waals surface area contributed by atoms with Crippen molar-refractivity contribution in [2.45, 2.75) is 26.2 Å². The monoisotopic (exact) mass is 174 g/mol. The van der Waals surface area contributed by atoms with Gasteiger partial charge in [0.2, 0.25) is 5.91 Å². The second-order valence-corrected chi connectivity index (χ2v) is 2.57. The first-order valence-electron chi connectivity index (χ1n) is 3.86. The van der Waals surface area contributed by atoms with Gasteiger partial charge in [0.25, 0.3) is 5.91 Å². The summed E-state index contributed by atoms with van der Waals surface area (Å²) in [4.78, 5) is 21.5. The van der Waals surface area contributed by atoms with Crippen LogP contribution in [0.3, 0.4) is 0 Å². The molecule has 0 aromatic heterocycles. The molecule has 0 bridgehead atoms. The average molecular weight is 174 g/mol. The van der Waals surface area contributed by atoms with E-state index in [1.807, 2.05) is 6.92 Å². The fraction of sp³-hybridized carbons (Fsp3) is 0.714. The molecule has 0 aliphatic heterocycles. The molecule has 0 spiro atoms. The van der Waals surface area contributed by atoms with Gasteiger partial charge in [0.05, 0.1) is 0 Å². The average Bonchev–Trinajstić information content (AvgIpc) is 2.04. The highest BCUT2D eigenvalue weighted by Crippen LogP contribution is 2.07. The summed E-state index contributed by atoms with van der Waals surface area (Å²) in [6, 6.07) is 0. The van der Waals surface area contributed by atoms with Gasteiger partial charge in [-0.1, -0.05) is 19.8 Å². The van der Waals surface area contributed by atoms with Gasteiger partial charge in [-0.05, 0) is 6.42 Å². The first kappa shape index (κ1) is 10.9. The Bertz CT molecular complexity index is 170. The summed E-state index contributed by atoms with van der Waals surface area (Å²) in [6.07, 6.45) is 2.00. The van der Waals surface area contributed by atoms with Gasteiger partial charge in [-0.3, -0.25) is 14.8 Å². The van der Waals surface area contributed by atoms with Crippen molar-refractivity contribution in [3.05, 3.63) is 0 Å². The quantitative estimate of drug-likeness (QED) is 0.305. The van der Waals surface area contributed by atoms with Gasteiger partial charge in [0.1, 0.15) is 5.92 Å². The number of carbonyl (C=O) groups is 2. The van der Waals surface area contributed by atoms with Crippen LogP contribution in [0.1, 0.15) is 26.2 Å². The van der Waals surface area contributed by atoms with Crippen molar-refractivity contribution in [3.63, 3.8) is 0 Å². The fourth-order valence-corrected chi connectivity index (χ4v) is 0.889. The molecule has 0 aliphatic carbocycles. The third kappa shape index (κ3) is 3.34. The molecule has 1 unspecified atom stereocenters. The number of hydrogen-bond donors (Lipinski definition) is 3. The van der Waals surface area contributed by atoms with E-state index in [0.717, 1.165) is 12.8 Å². The maximum atomic E-state index is 10.8. The Morgan fingerprint density at radius 2 is 2.17 bits per heavy atom. The van der Waals surface area contributed by atoms with Crippen molar-refractivity contribution >= 4 is 11.8 Å². The Labute approximate surface area is 70.9 Å². The molecule has 12 heavy (non-hydrogen) atoms. The zero-order chi connectivity index (χ0) is 9.56. The number of hydroxylamine groups is 1. The van der Waals surface area contributed by atoms with Crippen LogP contribution in [0.15, 0.2) is 0 Å². The number of nitrogens with two attached hydrogens (primary N) is 1. The number of primary amides is 1. The molecule has 0 heterocycles. The van der Waals surface area contributed by atoms with Crippen LogP contribution in [0.4, 0.5) is 0 Å². The fourth-order valence-electron chi connectivity index (χ4n) is 0.889. The molecule has 0 aliphatic rings. The lowest BCUT2D eigenvalue weighted by molar-refractivity contribution is -0.139. The predicted octanol–water partition coefficient (Wildman–Crippen LogP) is -0.216. The minimum atomic E-state index is -0.907. The molecule has 0 aromatic rings. The molecule has 0 aromatic carbocycles. The Kier molecular flexibility index (Phi) is 5.03. The molecule has 70 valence electrons. The van der Waals surface area contributed by atoms with E-state index in [1.165, 1.54) is 5.48 Å². The summed E-state index contributed by atoms with van der Waals surface area (Å²) < 4.78 is 0. The zero-order valence-electron chi connectivity index (χ0n) is 7.04. The van der Waals surface area contributed by atoms with E-state index in [9.17, 15) is 9.59 Å². The molecule has 1 atom stereocenters. The van der Waals surface area contributed by atoms with E-state index < -0.39 is 17.7 Å². The summed E-state index contributed by atoms with van der Waals surface area (Å²) in [5, 5.41) is 8.25. The van der Waals surface area contributed by atoms with Crippen LogP contribution in [0.25, 0.3) is 0 Å². The van der Waals surface area contributed by atoms with E-state index >= 15 is 0 Å². The Hall–Kier alpha value is -1.10. The summed E-state index contributed by atoms with van der Waals surface area (Å²) in [5.74, 6) is -2.33. The van der Waals surface area contributed by atoms with E-state index in [1.54, 1.807) is 0 Å². The smallest absolute Gasteiger partial charge is 0.255 e. The second-order valence-electron chi connectivity index (χ2n) is 2.57. The summed E-state index contributed by atoms with van der Waals surface area (Å²) in [5.41, 5.74) is 6.36. The SMILES string of the molecule is CCCCC(C(N)=O)C(=O)NO. The topological polar surface area (TPSA) is 92.4 Å². The first-order chi connectivity index (χ1) is 5.63. The van der Waals surface area contributed by atoms with E-state index in [0.29, 0.717) is 6.42 Å². The van der Waals surface area contributed by atoms with E-state index in [-0.39, 0.29) is 0 Å². The Balaban J connectivity index is 4.04. The van der Waals surface area contributed by atoms with Crippen LogP contribution in [-0.4, -0.2) is 17.0 Å². The zero-order valence-corrected chi connectivity index (χ0v) is 7.04. The standard InChI is InChI=1S/C7H14N2O3/c1-2-3-4-5(6(8)10)7(11)9-12/h5,12H,2-4H2,1H3,(H2,8,10)(H,9,11). The van der Waals surface area contributed by atoms with Crippen LogP contribution in [0.5, 0.6) is 0 Å². The summed E-state index contributed by atoms with van der Waals surface area (Å²) in [7, 11) is 0. The highest BCUT2D eigenvalue weighted by Gasteiger charge is 2.22. The Morgan fingerprint density at radius 3 is 2.50 bits per heavy atom. The van der Waals surface area contributed by atoms with Crippen LogP contribution in [0.2, 0.25) is 0 Å². The maximum absolute atomic E-state index is 10.8. The highest BCUT2D eigenvalue weighted by atomic mass is 16.5. The molecule has 0 rings (SSSR count). The molecule has 0 saturated carbocycles. The van der Waals surface area contributed by atoms with E-state index in [4.69, 9.17) is 10.9 Å². The molecule has 0 radical (unpaired) electrons. The van der Waals surface area contributed by atoms with Crippen LogP contribution < -0.4 is 11.2 Å². The molecular formula is C7H14N2O3. The Morgan fingerprint density at radius 1 is 1.58 bits per heavy atom. The predicted molar refractivity (Wildman–Crippen MR) is 42.1 cm³/mol. The molecule has 0 fully saturated rings. The van der Waals surface area contributed by atoms with Crippen molar-refractivity contribution < 1.29 is 14.8 Å². The van der Waals surface area contributed by atoms with Gasteiger partial charge in [0.15, 0.2) is 0 Å². The van der Waals surface area contributed by atoms with Crippen LogP contribution in [-0.2, 0) is 9.59 Å². The van der Waals surface area contributed by atoms with Gasteiger partial charge >= 0.3 is 0 Å². The lowest BCUT2D eigenvalue weighted by atomic mass is 10.0. The van der Waals surface area contributed by atoms with Crippen molar-refractivity contribution in [1.82, 2.24) is 5.48 Å². The third-order valence-corrected chi connectivity index (χ3v) is 1.62. The molecule has 4 N–H and O–H groups in total. The van der Waals surface area contributed by atoms with Crippen LogP contribution in [0, 0.1) is 5.92 Å². The molecule has 5 nitrogen and oxygen atoms in total. The maximum Gasteiger partial charge on any atom is 0.255 e. The molecule has 0 saturated heterocycles. The molecule has 5 heteroatoms. The van der Waals surface area contributed by atoms with Crippen molar-refractivity contribution in [2.24, 2.45) is 11.7 Å². The number of unbranched alkanes of at least 4 members (excludes halogenated alkanes) is 1. The summed E-state index contributed by atoms with van der Waals surface area (Å²) >= 11 is 0. The van der Waals surface area contributed by atoms with Gasteiger partial charge in [0, 0.05) is 0 Å². The van der Waals surface area contributed by atoms with Gasteiger partial charge in [-0.15, -0.1) is 0 Å². The lowest BCUT2D eigenvalue weighted by Crippen LogP contribution is -2.37. The minimum Gasteiger partial charge on any atom is -0.369 e. The van der Waals surface area contributed by atoms with Gasteiger partial charge in [-0.25, -0.2) is 5.48 Å². The highest BCUT2D eigenvalue weighted by molar-refractivity contribution is 5.98. The van der Waals surface area contributed by atoms with Crippen molar-refractivity contribution in [2.75, 3.05) is 0 Å². The largest absolute Gasteiger partial charge is 0.369 e. The number of rotatable bonds is 5. The summed E-state index contributed by atoms with van der Waals surface area (Å²) in [6.45, 7) is 1.94. The first-order valence-corrected chi connectivity index (χ1v) is 3.86. The second kappa shape index (κ2) is 5.54. The third-order valence-electron chi connectivity index (χ3n) is 1.62. The lowest BCUT2D eigenvalue weighted by Gasteiger charge is -2.09. The van der Waals surface area contributed by atoms with Crippen molar-refractivity contribution in [3.8, 4) is 0 Å². The number of hydrogen-bond acceptors (Lipinski definition) is 3. The number of nitrogens with one attached hydrogen (secondary N) is 1. The normalized spacial score (nSPS) is 12.2. The van der Waals surface area contributed by atoms with Crippen molar-refractivity contribution in [1.29, 1.82) is 0 Å². The number of carbonyl (C=O) groups excluding carboxylic acids is 2. The number of amides is 2. The minimum absolute atomic E-state index is 0.387. The molecule has 2 amide bonds. The molecular weight excluding hydrogens is 160 g/mol. The van der Waals surface area contributed by atoms with Gasteiger partial charge in [-0.2, -0.15) is 0 Å². The van der Waals surface area contributed by atoms with E-state index in [2.05, 4.69) is 0 Å². The van der Waals surface area contributed by atoms with Gasteiger partial charge < -0.3 is 5.73 Å².